The molecule has 0 saturated carbocycles. The summed E-state index contributed by atoms with van der Waals surface area (Å²) in [5, 5.41) is 1.97. The van der Waals surface area contributed by atoms with Crippen molar-refractivity contribution in [3.05, 3.63) is 62.5 Å². The van der Waals surface area contributed by atoms with E-state index in [2.05, 4.69) is 5.32 Å². The Morgan fingerprint density at radius 2 is 1.92 bits per heavy atom. The third kappa shape index (κ3) is 4.17. The molecule has 0 unspecified atom stereocenters. The van der Waals surface area contributed by atoms with Gasteiger partial charge in [-0.15, -0.1) is 0 Å². The van der Waals surface area contributed by atoms with Crippen molar-refractivity contribution in [3.63, 3.8) is 0 Å². The van der Waals surface area contributed by atoms with Gasteiger partial charge in [-0.1, -0.05) is 29.3 Å². The number of nitrogens with zero attached hydrogens (tertiary/aromatic N) is 1. The molecule has 8 heteroatoms. The van der Waals surface area contributed by atoms with E-state index in [0.29, 0.717) is 22.5 Å². The van der Waals surface area contributed by atoms with Crippen LogP contribution in [0.4, 0.5) is 18.9 Å². The summed E-state index contributed by atoms with van der Waals surface area (Å²) in [6, 6.07) is 5.87. The maximum Gasteiger partial charge on any atom is 0.417 e. The number of rotatable bonds is 3. The highest BCUT2D eigenvalue weighted by Crippen LogP contribution is 2.29. The Hall–Kier alpha value is -2.28. The second-order valence-electron chi connectivity index (χ2n) is 5.37. The van der Waals surface area contributed by atoms with E-state index in [1.165, 1.54) is 0 Å². The van der Waals surface area contributed by atoms with Crippen LogP contribution in [0.1, 0.15) is 16.7 Å². The Morgan fingerprint density at radius 3 is 2.50 bits per heavy atom. The molecule has 1 aromatic heterocycles. The fraction of sp³-hybridized carbons (Fsp3) is 0.250. The summed E-state index contributed by atoms with van der Waals surface area (Å²) in [4.78, 5) is 23.9. The van der Waals surface area contributed by atoms with Gasteiger partial charge in [-0.2, -0.15) is 13.2 Å². The number of benzene rings is 1. The summed E-state index contributed by atoms with van der Waals surface area (Å²) < 4.78 is 39.0. The molecule has 128 valence electrons. The predicted octanol–water partition coefficient (Wildman–Crippen LogP) is 3.78. The van der Waals surface area contributed by atoms with E-state index in [1.54, 1.807) is 19.1 Å². The smallest absolute Gasteiger partial charge is 0.324 e. The van der Waals surface area contributed by atoms with Gasteiger partial charge in [0.15, 0.2) is 0 Å². The molecule has 0 aliphatic heterocycles. The van der Waals surface area contributed by atoms with Crippen LogP contribution in [0.5, 0.6) is 0 Å². The monoisotopic (exact) mass is 358 g/mol. The van der Waals surface area contributed by atoms with Crippen molar-refractivity contribution in [1.29, 1.82) is 0 Å². The molecule has 1 amide bonds. The van der Waals surface area contributed by atoms with Crippen LogP contribution in [0, 0.1) is 13.8 Å². The minimum absolute atomic E-state index is 0.525. The van der Waals surface area contributed by atoms with E-state index in [1.807, 2.05) is 13.0 Å². The fourth-order valence-electron chi connectivity index (χ4n) is 2.17. The minimum Gasteiger partial charge on any atom is -0.324 e. The zero-order chi connectivity index (χ0) is 18.1. The van der Waals surface area contributed by atoms with Crippen LogP contribution in [-0.2, 0) is 17.5 Å². The van der Waals surface area contributed by atoms with Gasteiger partial charge >= 0.3 is 6.18 Å². The van der Waals surface area contributed by atoms with Gasteiger partial charge in [0, 0.05) is 11.9 Å². The van der Waals surface area contributed by atoms with Crippen molar-refractivity contribution >= 4 is 23.2 Å². The molecule has 1 N–H and O–H groups in total. The molecule has 0 fully saturated rings. The van der Waals surface area contributed by atoms with E-state index in [9.17, 15) is 22.8 Å². The van der Waals surface area contributed by atoms with Crippen molar-refractivity contribution in [3.8, 4) is 0 Å². The number of pyridine rings is 1. The molecule has 0 aliphatic carbocycles. The summed E-state index contributed by atoms with van der Waals surface area (Å²) in [5.74, 6) is -0.626. The lowest BCUT2D eigenvalue weighted by Gasteiger charge is -2.13. The Morgan fingerprint density at radius 1 is 1.25 bits per heavy atom. The minimum atomic E-state index is -4.66. The quantitative estimate of drug-likeness (QED) is 0.908. The number of carbonyl (C=O) groups excluding carboxylic acids is 1. The van der Waals surface area contributed by atoms with E-state index >= 15 is 0 Å². The first-order valence-corrected chi connectivity index (χ1v) is 7.30. The highest BCUT2D eigenvalue weighted by Gasteiger charge is 2.32. The third-order valence-electron chi connectivity index (χ3n) is 3.34. The Labute approximate surface area is 140 Å². The number of carbonyl (C=O) groups is 1. The van der Waals surface area contributed by atoms with Crippen LogP contribution in [0.3, 0.4) is 0 Å². The average Bonchev–Trinajstić information content (AvgIpc) is 2.45. The lowest BCUT2D eigenvalue weighted by atomic mass is 10.1. The molecule has 2 rings (SSSR count). The number of amides is 1. The molecule has 2 aromatic rings. The highest BCUT2D eigenvalue weighted by molar-refractivity contribution is 6.30. The lowest BCUT2D eigenvalue weighted by Crippen LogP contribution is -2.29. The van der Waals surface area contributed by atoms with Gasteiger partial charge in [-0.05, 0) is 31.5 Å². The van der Waals surface area contributed by atoms with Crippen LogP contribution in [0.25, 0.3) is 0 Å². The number of hydrogen-bond acceptors (Lipinski definition) is 2. The van der Waals surface area contributed by atoms with Crippen molar-refractivity contribution in [1.82, 2.24) is 4.57 Å². The van der Waals surface area contributed by atoms with Gasteiger partial charge in [-0.3, -0.25) is 9.59 Å². The summed E-state index contributed by atoms with van der Waals surface area (Å²) in [6.07, 6.45) is -4.08. The van der Waals surface area contributed by atoms with Crippen molar-refractivity contribution in [2.75, 3.05) is 5.32 Å². The lowest BCUT2D eigenvalue weighted by molar-refractivity contribution is -0.138. The predicted molar refractivity (Wildman–Crippen MR) is 85.3 cm³/mol. The Bertz CT molecular complexity index is 844. The third-order valence-corrected chi connectivity index (χ3v) is 3.61. The van der Waals surface area contributed by atoms with Gasteiger partial charge in [0.1, 0.15) is 11.6 Å². The first kappa shape index (κ1) is 18.1. The summed E-state index contributed by atoms with van der Waals surface area (Å²) >= 11 is 5.55. The van der Waals surface area contributed by atoms with Crippen LogP contribution >= 0.6 is 11.6 Å². The zero-order valence-corrected chi connectivity index (χ0v) is 13.6. The van der Waals surface area contributed by atoms with Gasteiger partial charge in [0.25, 0.3) is 5.56 Å². The van der Waals surface area contributed by atoms with Crippen LogP contribution in [-0.4, -0.2) is 10.5 Å². The van der Waals surface area contributed by atoms with Crippen molar-refractivity contribution in [2.24, 2.45) is 0 Å². The van der Waals surface area contributed by atoms with Gasteiger partial charge in [0.2, 0.25) is 5.91 Å². The van der Waals surface area contributed by atoms with E-state index in [-0.39, 0.29) is 0 Å². The van der Waals surface area contributed by atoms with Gasteiger partial charge in [-0.25, -0.2) is 0 Å². The topological polar surface area (TPSA) is 51.1 Å². The number of alkyl halides is 3. The Balaban J connectivity index is 2.25. The van der Waals surface area contributed by atoms with E-state index in [4.69, 9.17) is 11.6 Å². The molecule has 0 saturated heterocycles. The summed E-state index contributed by atoms with van der Waals surface area (Å²) in [5.41, 5.74) is 0.382. The summed E-state index contributed by atoms with van der Waals surface area (Å²) in [6.45, 7) is 3.11. The van der Waals surface area contributed by atoms with E-state index < -0.39 is 34.8 Å². The maximum atomic E-state index is 12.8. The molecule has 24 heavy (non-hydrogen) atoms. The molecule has 4 nitrogen and oxygen atoms in total. The zero-order valence-electron chi connectivity index (χ0n) is 12.9. The molecule has 1 heterocycles. The molecule has 0 atom stereocenters. The van der Waals surface area contributed by atoms with Gasteiger partial charge in [0.05, 0.1) is 5.56 Å². The SMILES string of the molecule is Cc1ccc(NC(=O)Cn2cc(C(F)(F)F)cc(Cl)c2=O)c(C)c1. The second kappa shape index (κ2) is 6.68. The molecule has 0 radical (unpaired) electrons. The van der Waals surface area contributed by atoms with Crippen molar-refractivity contribution in [2.45, 2.75) is 26.6 Å². The largest absolute Gasteiger partial charge is 0.417 e. The Kier molecular flexibility index (Phi) is 5.03. The number of hydrogen-bond donors (Lipinski definition) is 1. The molecule has 0 aliphatic rings. The summed E-state index contributed by atoms with van der Waals surface area (Å²) in [7, 11) is 0. The maximum absolute atomic E-state index is 12.8. The molecular weight excluding hydrogens is 345 g/mol. The number of anilines is 1. The van der Waals surface area contributed by atoms with Crippen molar-refractivity contribution < 1.29 is 18.0 Å². The average molecular weight is 359 g/mol. The molecule has 0 bridgehead atoms. The standard InChI is InChI=1S/C16H14ClF3N2O2/c1-9-3-4-13(10(2)5-9)21-14(23)8-22-7-11(16(18,19)20)6-12(17)15(22)24/h3-7H,8H2,1-2H3,(H,21,23). The van der Waals surface area contributed by atoms with Crippen LogP contribution < -0.4 is 10.9 Å². The molecule has 0 spiro atoms. The first-order chi connectivity index (χ1) is 11.1. The normalized spacial score (nSPS) is 11.4. The molecule has 1 aromatic carbocycles. The highest BCUT2D eigenvalue weighted by atomic mass is 35.5. The molecular formula is C16H14ClF3N2O2. The first-order valence-electron chi connectivity index (χ1n) is 6.92. The fourth-order valence-corrected chi connectivity index (χ4v) is 2.40. The number of nitrogens with one attached hydrogen (secondary N) is 1. The van der Waals surface area contributed by atoms with Crippen LogP contribution in [0.2, 0.25) is 5.02 Å². The number of aromatic nitrogens is 1. The second-order valence-corrected chi connectivity index (χ2v) is 5.78. The van der Waals surface area contributed by atoms with Gasteiger partial charge < -0.3 is 9.88 Å². The van der Waals surface area contributed by atoms with Crippen LogP contribution in [0.15, 0.2) is 35.3 Å². The number of aryl methyl sites for hydroxylation is 2. The number of halogens is 4. The van der Waals surface area contributed by atoms with E-state index in [0.717, 1.165) is 11.1 Å².